The van der Waals surface area contributed by atoms with Crippen molar-refractivity contribution in [2.24, 2.45) is 0 Å². The van der Waals surface area contributed by atoms with Crippen molar-refractivity contribution in [2.75, 3.05) is 0 Å². The summed E-state index contributed by atoms with van der Waals surface area (Å²) in [5, 5.41) is 0. The Morgan fingerprint density at radius 3 is 2.67 bits per heavy atom. The minimum absolute atomic E-state index is 0.0613. The number of halogens is 1. The van der Waals surface area contributed by atoms with E-state index in [0.717, 1.165) is 17.7 Å². The van der Waals surface area contributed by atoms with Gasteiger partial charge >= 0.3 is 0 Å². The normalized spacial score (nSPS) is 11.5. The molecule has 21 heavy (non-hydrogen) atoms. The summed E-state index contributed by atoms with van der Waals surface area (Å²) in [6.45, 7) is 8.52. The summed E-state index contributed by atoms with van der Waals surface area (Å²) in [7, 11) is 0. The highest BCUT2D eigenvalue weighted by Crippen LogP contribution is 2.35. The van der Waals surface area contributed by atoms with Gasteiger partial charge in [-0.25, -0.2) is 4.98 Å². The zero-order valence-corrected chi connectivity index (χ0v) is 14.2. The third-order valence-electron chi connectivity index (χ3n) is 3.23. The van der Waals surface area contributed by atoms with E-state index in [-0.39, 0.29) is 16.9 Å². The van der Waals surface area contributed by atoms with Gasteiger partial charge < -0.3 is 9.72 Å². The summed E-state index contributed by atoms with van der Waals surface area (Å²) >= 11 is 3.21. The van der Waals surface area contributed by atoms with Crippen LogP contribution < -0.4 is 10.3 Å². The van der Waals surface area contributed by atoms with Crippen LogP contribution in [0, 0.1) is 0 Å². The van der Waals surface area contributed by atoms with Crippen molar-refractivity contribution in [3.05, 3.63) is 50.5 Å². The smallest absolute Gasteiger partial charge is 0.268 e. The van der Waals surface area contributed by atoms with Crippen LogP contribution >= 0.6 is 15.9 Å². The molecule has 0 atom stereocenters. The Balaban J connectivity index is 2.49. The Kier molecular flexibility index (Phi) is 4.52. The van der Waals surface area contributed by atoms with Crippen molar-refractivity contribution < 1.29 is 4.74 Å². The molecule has 0 radical (unpaired) electrons. The summed E-state index contributed by atoms with van der Waals surface area (Å²) in [4.78, 5) is 18.2. The topological polar surface area (TPSA) is 55.0 Å². The van der Waals surface area contributed by atoms with E-state index in [1.165, 1.54) is 11.9 Å². The third-order valence-corrected chi connectivity index (χ3v) is 3.93. The SMILES string of the molecule is CCc1ccc(Oc2nc[nH]c(=O)c2Br)c(C(C)(C)C)c1. The zero-order valence-electron chi connectivity index (χ0n) is 12.7. The van der Waals surface area contributed by atoms with Gasteiger partial charge in [0.2, 0.25) is 5.88 Å². The maximum Gasteiger partial charge on any atom is 0.268 e. The fraction of sp³-hybridized carbons (Fsp3) is 0.375. The number of hydrogen-bond acceptors (Lipinski definition) is 3. The van der Waals surface area contributed by atoms with E-state index in [1.54, 1.807) is 0 Å². The van der Waals surface area contributed by atoms with Crippen LogP contribution in [-0.4, -0.2) is 9.97 Å². The summed E-state index contributed by atoms with van der Waals surface area (Å²) in [6, 6.07) is 6.12. The minimum Gasteiger partial charge on any atom is -0.437 e. The molecule has 1 aromatic carbocycles. The van der Waals surface area contributed by atoms with E-state index in [1.807, 2.05) is 12.1 Å². The molecule has 4 nitrogen and oxygen atoms in total. The molecule has 0 aliphatic heterocycles. The Labute approximate surface area is 132 Å². The molecule has 1 aromatic heterocycles. The first-order chi connectivity index (χ1) is 9.82. The Hall–Kier alpha value is -1.62. The van der Waals surface area contributed by atoms with E-state index >= 15 is 0 Å². The number of nitrogens with one attached hydrogen (secondary N) is 1. The second-order valence-electron chi connectivity index (χ2n) is 5.89. The maximum atomic E-state index is 11.6. The van der Waals surface area contributed by atoms with Gasteiger partial charge in [0.1, 0.15) is 10.2 Å². The molecule has 2 aromatic rings. The van der Waals surface area contributed by atoms with Crippen LogP contribution in [0.15, 0.2) is 33.8 Å². The van der Waals surface area contributed by atoms with Crippen molar-refractivity contribution in [2.45, 2.75) is 39.5 Å². The van der Waals surface area contributed by atoms with Crippen molar-refractivity contribution in [3.63, 3.8) is 0 Å². The number of aromatic amines is 1. The van der Waals surface area contributed by atoms with Gasteiger partial charge in [-0.2, -0.15) is 0 Å². The van der Waals surface area contributed by atoms with Gasteiger partial charge in [0.25, 0.3) is 5.56 Å². The quantitative estimate of drug-likeness (QED) is 0.902. The maximum absolute atomic E-state index is 11.6. The first-order valence-corrected chi connectivity index (χ1v) is 7.66. The van der Waals surface area contributed by atoms with E-state index in [0.29, 0.717) is 4.47 Å². The van der Waals surface area contributed by atoms with Gasteiger partial charge in [0.05, 0.1) is 6.33 Å². The van der Waals surface area contributed by atoms with Gasteiger partial charge in [0, 0.05) is 5.56 Å². The van der Waals surface area contributed by atoms with Crippen LogP contribution in [0.2, 0.25) is 0 Å². The van der Waals surface area contributed by atoms with Gasteiger partial charge in [-0.15, -0.1) is 0 Å². The number of H-pyrrole nitrogens is 1. The van der Waals surface area contributed by atoms with Crippen LogP contribution in [0.3, 0.4) is 0 Å². The lowest BCUT2D eigenvalue weighted by molar-refractivity contribution is 0.434. The monoisotopic (exact) mass is 350 g/mol. The number of benzene rings is 1. The molecule has 5 heteroatoms. The highest BCUT2D eigenvalue weighted by molar-refractivity contribution is 9.10. The molecule has 0 spiro atoms. The van der Waals surface area contributed by atoms with E-state index in [2.05, 4.69) is 59.7 Å². The minimum atomic E-state index is -0.262. The second kappa shape index (κ2) is 6.02. The molecule has 0 aliphatic rings. The number of ether oxygens (including phenoxy) is 1. The first-order valence-electron chi connectivity index (χ1n) is 6.87. The average molecular weight is 351 g/mol. The lowest BCUT2D eigenvalue weighted by Crippen LogP contribution is -2.14. The van der Waals surface area contributed by atoms with Crippen LogP contribution in [0.1, 0.15) is 38.8 Å². The average Bonchev–Trinajstić information content (AvgIpc) is 2.43. The molecule has 0 saturated carbocycles. The van der Waals surface area contributed by atoms with Crippen molar-refractivity contribution in [1.82, 2.24) is 9.97 Å². The Morgan fingerprint density at radius 1 is 1.33 bits per heavy atom. The zero-order chi connectivity index (χ0) is 15.6. The Morgan fingerprint density at radius 2 is 2.05 bits per heavy atom. The fourth-order valence-electron chi connectivity index (χ4n) is 2.01. The lowest BCUT2D eigenvalue weighted by atomic mass is 9.85. The van der Waals surface area contributed by atoms with Crippen LogP contribution in [0.25, 0.3) is 0 Å². The van der Waals surface area contributed by atoms with Crippen molar-refractivity contribution in [1.29, 1.82) is 0 Å². The number of hydrogen-bond donors (Lipinski definition) is 1. The van der Waals surface area contributed by atoms with Crippen molar-refractivity contribution in [3.8, 4) is 11.6 Å². The number of aryl methyl sites for hydroxylation is 1. The standard InChI is InChI=1S/C16H19BrN2O2/c1-5-10-6-7-12(11(8-10)16(2,3)4)21-15-13(17)14(20)18-9-19-15/h6-9H,5H2,1-4H3,(H,18,19,20). The molecular weight excluding hydrogens is 332 g/mol. The predicted octanol–water partition coefficient (Wildman–Crippen LogP) is 4.18. The number of aromatic nitrogens is 2. The molecule has 1 N–H and O–H groups in total. The van der Waals surface area contributed by atoms with Crippen LogP contribution in [-0.2, 0) is 11.8 Å². The van der Waals surface area contributed by atoms with Crippen LogP contribution in [0.5, 0.6) is 11.6 Å². The summed E-state index contributed by atoms with van der Waals surface area (Å²) < 4.78 is 6.16. The molecule has 0 unspecified atom stereocenters. The van der Waals surface area contributed by atoms with Crippen molar-refractivity contribution >= 4 is 15.9 Å². The first kappa shape index (κ1) is 15.8. The molecule has 0 aliphatic carbocycles. The van der Waals surface area contributed by atoms with Gasteiger partial charge in [-0.05, 0) is 39.4 Å². The van der Waals surface area contributed by atoms with Gasteiger partial charge in [-0.1, -0.05) is 39.8 Å². The molecular formula is C16H19BrN2O2. The number of rotatable bonds is 3. The molecule has 0 amide bonds. The fourth-order valence-corrected chi connectivity index (χ4v) is 2.31. The highest BCUT2D eigenvalue weighted by atomic mass is 79.9. The molecule has 0 bridgehead atoms. The predicted molar refractivity (Wildman–Crippen MR) is 87.2 cm³/mol. The van der Waals surface area contributed by atoms with Crippen LogP contribution in [0.4, 0.5) is 0 Å². The summed E-state index contributed by atoms with van der Waals surface area (Å²) in [5.41, 5.74) is 2.03. The highest BCUT2D eigenvalue weighted by Gasteiger charge is 2.21. The lowest BCUT2D eigenvalue weighted by Gasteiger charge is -2.23. The molecule has 112 valence electrons. The molecule has 2 rings (SSSR count). The molecule has 1 heterocycles. The molecule has 0 fully saturated rings. The molecule has 0 saturated heterocycles. The number of nitrogens with zero attached hydrogens (tertiary/aromatic N) is 1. The van der Waals surface area contributed by atoms with E-state index in [4.69, 9.17) is 4.74 Å². The summed E-state index contributed by atoms with van der Waals surface area (Å²) in [6.07, 6.45) is 2.30. The second-order valence-corrected chi connectivity index (χ2v) is 6.68. The summed E-state index contributed by atoms with van der Waals surface area (Å²) in [5.74, 6) is 0.993. The van der Waals surface area contributed by atoms with E-state index < -0.39 is 0 Å². The Bertz CT molecular complexity index is 702. The van der Waals surface area contributed by atoms with Gasteiger partial charge in [-0.3, -0.25) is 4.79 Å². The van der Waals surface area contributed by atoms with E-state index in [9.17, 15) is 4.79 Å². The largest absolute Gasteiger partial charge is 0.437 e. The third kappa shape index (κ3) is 3.53. The van der Waals surface area contributed by atoms with Gasteiger partial charge in [0.15, 0.2) is 0 Å².